The minimum atomic E-state index is -0.374. The van der Waals surface area contributed by atoms with E-state index in [0.717, 1.165) is 0 Å². The molecule has 1 aliphatic rings. The number of carbonyl (C=O) groups excluding carboxylic acids is 1. The van der Waals surface area contributed by atoms with Gasteiger partial charge in [0.05, 0.1) is 19.7 Å². The molecule has 1 aromatic rings. The van der Waals surface area contributed by atoms with Crippen LogP contribution in [0.3, 0.4) is 0 Å². The number of nitrogens with one attached hydrogen (secondary N) is 1. The fourth-order valence-corrected chi connectivity index (χ4v) is 2.06. The van der Waals surface area contributed by atoms with E-state index in [2.05, 4.69) is 5.32 Å². The summed E-state index contributed by atoms with van der Waals surface area (Å²) in [4.78, 5) is 13.5. The lowest BCUT2D eigenvalue weighted by Gasteiger charge is -2.33. The standard InChI is InChI=1S/C13H17FN2O2/c1-15-8-13(17)16-6-7-18-12(9-16)10-4-2-3-5-11(10)14/h2-5,12,15H,6-9H2,1H3. The second-order valence-corrected chi connectivity index (χ2v) is 4.25. The van der Waals surface area contributed by atoms with Crippen molar-refractivity contribution in [1.29, 1.82) is 0 Å². The Balaban J connectivity index is 2.07. The first kappa shape index (κ1) is 13.0. The van der Waals surface area contributed by atoms with E-state index in [4.69, 9.17) is 4.74 Å². The highest BCUT2D eigenvalue weighted by Crippen LogP contribution is 2.24. The molecule has 5 heteroatoms. The fourth-order valence-electron chi connectivity index (χ4n) is 2.06. The number of benzene rings is 1. The van der Waals surface area contributed by atoms with Gasteiger partial charge in [-0.15, -0.1) is 0 Å². The summed E-state index contributed by atoms with van der Waals surface area (Å²) in [5.41, 5.74) is 0.513. The number of ether oxygens (including phenoxy) is 1. The molecular weight excluding hydrogens is 235 g/mol. The first-order valence-corrected chi connectivity index (χ1v) is 6.00. The molecule has 0 saturated carbocycles. The van der Waals surface area contributed by atoms with Crippen molar-refractivity contribution in [3.05, 3.63) is 35.6 Å². The van der Waals surface area contributed by atoms with E-state index in [1.807, 2.05) is 0 Å². The predicted octanol–water partition coefficient (Wildman–Crippen LogP) is 0.945. The van der Waals surface area contributed by atoms with Gasteiger partial charge < -0.3 is 15.0 Å². The van der Waals surface area contributed by atoms with Gasteiger partial charge in [0.1, 0.15) is 11.9 Å². The van der Waals surface area contributed by atoms with Crippen LogP contribution in [0.15, 0.2) is 24.3 Å². The molecular formula is C13H17FN2O2. The maximum absolute atomic E-state index is 13.7. The molecule has 0 aromatic heterocycles. The summed E-state index contributed by atoms with van der Waals surface area (Å²) in [5, 5.41) is 2.82. The molecule has 1 fully saturated rings. The maximum atomic E-state index is 13.7. The molecule has 18 heavy (non-hydrogen) atoms. The zero-order valence-electron chi connectivity index (χ0n) is 10.4. The fraction of sp³-hybridized carbons (Fsp3) is 0.462. The average Bonchev–Trinajstić information content (AvgIpc) is 2.40. The summed E-state index contributed by atoms with van der Waals surface area (Å²) < 4.78 is 19.2. The van der Waals surface area contributed by atoms with Gasteiger partial charge in [-0.05, 0) is 13.1 Å². The summed E-state index contributed by atoms with van der Waals surface area (Å²) in [7, 11) is 1.73. The Kier molecular flexibility index (Phi) is 4.28. The van der Waals surface area contributed by atoms with Crippen LogP contribution in [0.4, 0.5) is 4.39 Å². The topological polar surface area (TPSA) is 41.6 Å². The maximum Gasteiger partial charge on any atom is 0.236 e. The van der Waals surface area contributed by atoms with Gasteiger partial charge in [0.2, 0.25) is 5.91 Å². The predicted molar refractivity (Wildman–Crippen MR) is 65.6 cm³/mol. The number of hydrogen-bond acceptors (Lipinski definition) is 3. The van der Waals surface area contributed by atoms with E-state index in [0.29, 0.717) is 31.8 Å². The lowest BCUT2D eigenvalue weighted by Crippen LogP contribution is -2.45. The number of likely N-dealkylation sites (N-methyl/N-ethyl adjacent to an activating group) is 1. The molecule has 1 atom stereocenters. The van der Waals surface area contributed by atoms with Crippen LogP contribution in [0.2, 0.25) is 0 Å². The van der Waals surface area contributed by atoms with Crippen LogP contribution in [0, 0.1) is 5.82 Å². The van der Waals surface area contributed by atoms with Gasteiger partial charge in [0.15, 0.2) is 0 Å². The van der Waals surface area contributed by atoms with Gasteiger partial charge in [-0.2, -0.15) is 0 Å². The van der Waals surface area contributed by atoms with Crippen molar-refractivity contribution < 1.29 is 13.9 Å². The molecule has 0 aliphatic carbocycles. The average molecular weight is 252 g/mol. The molecule has 4 nitrogen and oxygen atoms in total. The Morgan fingerprint density at radius 2 is 2.33 bits per heavy atom. The zero-order valence-corrected chi connectivity index (χ0v) is 10.4. The Bertz CT molecular complexity index is 425. The number of halogens is 1. The van der Waals surface area contributed by atoms with E-state index in [1.165, 1.54) is 6.07 Å². The number of nitrogens with zero attached hydrogens (tertiary/aromatic N) is 1. The Hall–Kier alpha value is -1.46. The van der Waals surface area contributed by atoms with E-state index < -0.39 is 0 Å². The third-order valence-electron chi connectivity index (χ3n) is 3.00. The van der Waals surface area contributed by atoms with Crippen molar-refractivity contribution in [2.45, 2.75) is 6.10 Å². The van der Waals surface area contributed by atoms with Crippen LogP contribution < -0.4 is 5.32 Å². The highest BCUT2D eigenvalue weighted by molar-refractivity contribution is 5.78. The van der Waals surface area contributed by atoms with Crippen LogP contribution in [-0.4, -0.2) is 44.1 Å². The molecule has 1 aliphatic heterocycles. The first-order valence-electron chi connectivity index (χ1n) is 6.00. The summed E-state index contributed by atoms with van der Waals surface area (Å²) in [6, 6.07) is 6.53. The highest BCUT2D eigenvalue weighted by Gasteiger charge is 2.26. The van der Waals surface area contributed by atoms with E-state index >= 15 is 0 Å². The Morgan fingerprint density at radius 1 is 1.56 bits per heavy atom. The number of amides is 1. The normalized spacial score (nSPS) is 19.9. The summed E-state index contributed by atoms with van der Waals surface area (Å²) in [6.07, 6.45) is -0.374. The van der Waals surface area contributed by atoms with E-state index in [-0.39, 0.29) is 17.8 Å². The Labute approximate surface area is 106 Å². The lowest BCUT2D eigenvalue weighted by molar-refractivity contribution is -0.138. The van der Waals surface area contributed by atoms with Crippen LogP contribution in [0.1, 0.15) is 11.7 Å². The van der Waals surface area contributed by atoms with Gasteiger partial charge in [-0.3, -0.25) is 4.79 Å². The third-order valence-corrected chi connectivity index (χ3v) is 3.00. The number of morpholine rings is 1. The van der Waals surface area contributed by atoms with Crippen LogP contribution in [0.25, 0.3) is 0 Å². The summed E-state index contributed by atoms with van der Waals surface area (Å²) in [5.74, 6) is -0.271. The van der Waals surface area contributed by atoms with Gasteiger partial charge in [0, 0.05) is 12.1 Å². The molecule has 0 bridgehead atoms. The van der Waals surface area contributed by atoms with E-state index in [1.54, 1.807) is 30.1 Å². The molecule has 0 radical (unpaired) electrons. The van der Waals surface area contributed by atoms with Crippen molar-refractivity contribution in [1.82, 2.24) is 10.2 Å². The van der Waals surface area contributed by atoms with Gasteiger partial charge >= 0.3 is 0 Å². The van der Waals surface area contributed by atoms with Gasteiger partial charge in [-0.25, -0.2) is 4.39 Å². The first-order chi connectivity index (χ1) is 8.72. The van der Waals surface area contributed by atoms with Gasteiger partial charge in [0.25, 0.3) is 0 Å². The number of rotatable bonds is 3. The number of carbonyl (C=O) groups is 1. The molecule has 1 amide bonds. The molecule has 1 unspecified atom stereocenters. The monoisotopic (exact) mass is 252 g/mol. The lowest BCUT2D eigenvalue weighted by atomic mass is 10.1. The van der Waals surface area contributed by atoms with Crippen molar-refractivity contribution in [2.75, 3.05) is 33.3 Å². The largest absolute Gasteiger partial charge is 0.370 e. The third kappa shape index (κ3) is 2.86. The van der Waals surface area contributed by atoms with E-state index in [9.17, 15) is 9.18 Å². The molecule has 98 valence electrons. The van der Waals surface area contributed by atoms with Gasteiger partial charge in [-0.1, -0.05) is 18.2 Å². The second kappa shape index (κ2) is 5.93. The second-order valence-electron chi connectivity index (χ2n) is 4.25. The molecule has 1 saturated heterocycles. The Morgan fingerprint density at radius 3 is 3.06 bits per heavy atom. The molecule has 0 spiro atoms. The molecule has 1 heterocycles. The molecule has 1 N–H and O–H groups in total. The van der Waals surface area contributed by atoms with Crippen molar-refractivity contribution in [3.63, 3.8) is 0 Å². The highest BCUT2D eigenvalue weighted by atomic mass is 19.1. The minimum Gasteiger partial charge on any atom is -0.370 e. The summed E-state index contributed by atoms with van der Waals surface area (Å²) >= 11 is 0. The SMILES string of the molecule is CNCC(=O)N1CCOC(c2ccccc2F)C1. The van der Waals surface area contributed by atoms with Crippen molar-refractivity contribution >= 4 is 5.91 Å². The van der Waals surface area contributed by atoms with Crippen LogP contribution in [0.5, 0.6) is 0 Å². The molecule has 2 rings (SSSR count). The van der Waals surface area contributed by atoms with Crippen molar-refractivity contribution in [3.8, 4) is 0 Å². The smallest absolute Gasteiger partial charge is 0.236 e. The molecule has 1 aromatic carbocycles. The minimum absolute atomic E-state index is 0.0159. The summed E-state index contributed by atoms with van der Waals surface area (Å²) in [6.45, 7) is 1.70. The quantitative estimate of drug-likeness (QED) is 0.870. The van der Waals surface area contributed by atoms with Crippen LogP contribution in [-0.2, 0) is 9.53 Å². The van der Waals surface area contributed by atoms with Crippen LogP contribution >= 0.6 is 0 Å². The zero-order chi connectivity index (χ0) is 13.0. The van der Waals surface area contributed by atoms with Crippen molar-refractivity contribution in [2.24, 2.45) is 0 Å². The number of hydrogen-bond donors (Lipinski definition) is 1.